The third kappa shape index (κ3) is 3.90. The van der Waals surface area contributed by atoms with Crippen molar-refractivity contribution in [2.75, 3.05) is 23.3 Å². The van der Waals surface area contributed by atoms with Crippen molar-refractivity contribution >= 4 is 44.9 Å². The van der Waals surface area contributed by atoms with Crippen LogP contribution in [-0.4, -0.2) is 39.1 Å². The average molecular weight is 422 g/mol. The summed E-state index contributed by atoms with van der Waals surface area (Å²) in [7, 11) is 0. The summed E-state index contributed by atoms with van der Waals surface area (Å²) in [6, 6.07) is 7.17. The molecule has 2 aromatic rings. The third-order valence-corrected chi connectivity index (χ3v) is 4.76. The highest BCUT2D eigenvalue weighted by Crippen LogP contribution is 2.35. The zero-order valence-corrected chi connectivity index (χ0v) is 15.2. The minimum absolute atomic E-state index is 0.0997. The van der Waals surface area contributed by atoms with Crippen molar-refractivity contribution in [2.45, 2.75) is 12.8 Å². The summed E-state index contributed by atoms with van der Waals surface area (Å²) < 4.78 is 0.891. The summed E-state index contributed by atoms with van der Waals surface area (Å²) >= 11 is 3.34. The quantitative estimate of drug-likeness (QED) is 0.557. The minimum atomic E-state index is -0.834. The summed E-state index contributed by atoms with van der Waals surface area (Å²) in [4.78, 5) is 32.1. The van der Waals surface area contributed by atoms with Crippen molar-refractivity contribution in [2.24, 2.45) is 5.92 Å². The molecule has 0 bridgehead atoms. The van der Waals surface area contributed by atoms with Gasteiger partial charge < -0.3 is 15.3 Å². The second kappa shape index (κ2) is 7.65. The molecule has 1 aromatic heterocycles. The van der Waals surface area contributed by atoms with Crippen LogP contribution >= 0.6 is 15.9 Å². The smallest absolute Gasteiger partial charge is 0.353 e. The lowest BCUT2D eigenvalue weighted by molar-refractivity contribution is -0.383. The number of rotatable bonds is 5. The van der Waals surface area contributed by atoms with Crippen LogP contribution < -0.4 is 10.2 Å². The molecule has 10 heteroatoms. The van der Waals surface area contributed by atoms with Gasteiger partial charge in [0.1, 0.15) is 6.33 Å². The van der Waals surface area contributed by atoms with Crippen molar-refractivity contribution < 1.29 is 14.8 Å². The van der Waals surface area contributed by atoms with Crippen molar-refractivity contribution in [1.29, 1.82) is 0 Å². The molecule has 0 radical (unpaired) electrons. The molecule has 2 heterocycles. The van der Waals surface area contributed by atoms with Gasteiger partial charge in [0.25, 0.3) is 0 Å². The highest BCUT2D eigenvalue weighted by atomic mass is 79.9. The Bertz CT molecular complexity index is 822. The Balaban J connectivity index is 1.88. The van der Waals surface area contributed by atoms with Crippen LogP contribution in [0.1, 0.15) is 12.8 Å². The maximum absolute atomic E-state index is 11.7. The molecule has 0 amide bonds. The van der Waals surface area contributed by atoms with E-state index in [9.17, 15) is 14.9 Å². The Morgan fingerprint density at radius 2 is 1.92 bits per heavy atom. The molecule has 1 aliphatic rings. The Labute approximate surface area is 157 Å². The first-order valence-electron chi connectivity index (χ1n) is 7.95. The van der Waals surface area contributed by atoms with Gasteiger partial charge in [-0.2, -0.15) is 0 Å². The van der Waals surface area contributed by atoms with Crippen LogP contribution in [-0.2, 0) is 4.79 Å². The Morgan fingerprint density at radius 1 is 1.27 bits per heavy atom. The molecule has 1 aliphatic heterocycles. The van der Waals surface area contributed by atoms with E-state index in [-0.39, 0.29) is 17.3 Å². The van der Waals surface area contributed by atoms with Gasteiger partial charge in [0.15, 0.2) is 0 Å². The van der Waals surface area contributed by atoms with E-state index in [0.29, 0.717) is 31.6 Å². The average Bonchev–Trinajstić information content (AvgIpc) is 2.63. The predicted molar refractivity (Wildman–Crippen MR) is 98.7 cm³/mol. The molecule has 0 atom stereocenters. The van der Waals surface area contributed by atoms with E-state index in [0.717, 1.165) is 4.47 Å². The van der Waals surface area contributed by atoms with Gasteiger partial charge in [0.05, 0.1) is 10.8 Å². The van der Waals surface area contributed by atoms with Crippen LogP contribution in [0.2, 0.25) is 0 Å². The molecule has 2 N–H and O–H groups in total. The number of hydrogen-bond donors (Lipinski definition) is 2. The van der Waals surface area contributed by atoms with Crippen LogP contribution in [0.5, 0.6) is 0 Å². The number of carbonyl (C=O) groups is 1. The molecule has 26 heavy (non-hydrogen) atoms. The normalized spacial score (nSPS) is 14.9. The summed E-state index contributed by atoms with van der Waals surface area (Å²) in [5.41, 5.74) is 0.440. The number of benzene rings is 1. The number of piperidine rings is 1. The number of carboxylic acid groups (broad SMARTS) is 1. The lowest BCUT2D eigenvalue weighted by Gasteiger charge is -2.30. The lowest BCUT2D eigenvalue weighted by atomic mass is 9.97. The molecule has 0 aliphatic carbocycles. The van der Waals surface area contributed by atoms with Gasteiger partial charge >= 0.3 is 11.7 Å². The molecule has 3 rings (SSSR count). The van der Waals surface area contributed by atoms with Gasteiger partial charge in [-0.1, -0.05) is 15.9 Å². The minimum Gasteiger partial charge on any atom is -0.481 e. The van der Waals surface area contributed by atoms with Crippen molar-refractivity contribution in [1.82, 2.24) is 9.97 Å². The van der Waals surface area contributed by atoms with Crippen molar-refractivity contribution in [3.8, 4) is 0 Å². The number of nitrogens with zero attached hydrogens (tertiary/aromatic N) is 4. The molecule has 0 saturated carbocycles. The zero-order chi connectivity index (χ0) is 18.7. The number of aliphatic carboxylic acids is 1. The topological polar surface area (TPSA) is 121 Å². The third-order valence-electron chi connectivity index (χ3n) is 4.24. The first kappa shape index (κ1) is 18.1. The molecular formula is C16H16BrN5O4. The maximum atomic E-state index is 11.7. The molecular weight excluding hydrogens is 406 g/mol. The lowest BCUT2D eigenvalue weighted by Crippen LogP contribution is -2.37. The van der Waals surface area contributed by atoms with Gasteiger partial charge in [0.2, 0.25) is 11.6 Å². The molecule has 0 spiro atoms. The number of nitrogens with one attached hydrogen (secondary N) is 1. The first-order valence-corrected chi connectivity index (χ1v) is 8.74. The zero-order valence-electron chi connectivity index (χ0n) is 13.6. The fraction of sp³-hybridized carbons (Fsp3) is 0.312. The van der Waals surface area contributed by atoms with Crippen molar-refractivity contribution in [3.05, 3.63) is 45.2 Å². The van der Waals surface area contributed by atoms with E-state index >= 15 is 0 Å². The van der Waals surface area contributed by atoms with Gasteiger partial charge in [0, 0.05) is 23.2 Å². The Morgan fingerprint density at radius 3 is 2.50 bits per heavy atom. The second-order valence-electron chi connectivity index (χ2n) is 5.88. The number of nitro groups is 1. The molecule has 1 fully saturated rings. The van der Waals surface area contributed by atoms with Crippen LogP contribution in [0.15, 0.2) is 35.1 Å². The van der Waals surface area contributed by atoms with E-state index in [1.54, 1.807) is 17.0 Å². The van der Waals surface area contributed by atoms with Gasteiger partial charge in [-0.15, -0.1) is 0 Å². The van der Waals surface area contributed by atoms with Crippen molar-refractivity contribution in [3.63, 3.8) is 0 Å². The number of carboxylic acids is 1. The van der Waals surface area contributed by atoms with Crippen LogP contribution in [0.3, 0.4) is 0 Å². The summed E-state index contributed by atoms with van der Waals surface area (Å²) in [6.45, 7) is 0.791. The van der Waals surface area contributed by atoms with Gasteiger partial charge in [-0.3, -0.25) is 14.9 Å². The summed E-state index contributed by atoms with van der Waals surface area (Å²) in [6.07, 6.45) is 2.12. The number of hydrogen-bond acceptors (Lipinski definition) is 7. The second-order valence-corrected chi connectivity index (χ2v) is 6.80. The number of anilines is 3. The molecule has 1 saturated heterocycles. The molecule has 9 nitrogen and oxygen atoms in total. The first-order chi connectivity index (χ1) is 12.5. The monoisotopic (exact) mass is 421 g/mol. The van der Waals surface area contributed by atoms with Crippen LogP contribution in [0, 0.1) is 16.0 Å². The Kier molecular flexibility index (Phi) is 5.31. The van der Waals surface area contributed by atoms with Gasteiger partial charge in [-0.05, 0) is 37.1 Å². The standard InChI is InChI=1S/C16H16BrN5O4/c17-11-1-3-12(4-2-11)20-14-13(22(25)26)15(19-9-18-14)21-7-5-10(6-8-21)16(23)24/h1-4,9-10H,5-8H2,(H,23,24)(H,18,19,20). The van der Waals surface area contributed by atoms with E-state index < -0.39 is 16.8 Å². The molecule has 136 valence electrons. The summed E-state index contributed by atoms with van der Waals surface area (Å²) in [5, 5.41) is 23.7. The van der Waals surface area contributed by atoms with E-state index in [2.05, 4.69) is 31.2 Å². The summed E-state index contributed by atoms with van der Waals surface area (Å²) in [5.74, 6) is -0.955. The van der Waals surface area contributed by atoms with Gasteiger partial charge in [-0.25, -0.2) is 9.97 Å². The fourth-order valence-electron chi connectivity index (χ4n) is 2.87. The van der Waals surface area contributed by atoms with Crippen LogP contribution in [0.25, 0.3) is 0 Å². The Hall–Kier alpha value is -2.75. The number of halogens is 1. The molecule has 1 aromatic carbocycles. The predicted octanol–water partition coefficient (Wildman–Crippen LogP) is 3.19. The van der Waals surface area contributed by atoms with E-state index in [4.69, 9.17) is 5.11 Å². The van der Waals surface area contributed by atoms with E-state index in [1.165, 1.54) is 6.33 Å². The van der Waals surface area contributed by atoms with Crippen LogP contribution in [0.4, 0.5) is 23.0 Å². The highest BCUT2D eigenvalue weighted by molar-refractivity contribution is 9.10. The highest BCUT2D eigenvalue weighted by Gasteiger charge is 2.31. The number of aromatic nitrogens is 2. The fourth-order valence-corrected chi connectivity index (χ4v) is 3.13. The largest absolute Gasteiger partial charge is 0.481 e. The maximum Gasteiger partial charge on any atom is 0.353 e. The van der Waals surface area contributed by atoms with E-state index in [1.807, 2.05) is 12.1 Å². The SMILES string of the molecule is O=C(O)C1CCN(c2ncnc(Nc3ccc(Br)cc3)c2[N+](=O)[O-])CC1. The molecule has 0 unspecified atom stereocenters.